The summed E-state index contributed by atoms with van der Waals surface area (Å²) in [4.78, 5) is 6.27. The molecule has 1 aromatic carbocycles. The number of nitrogens with zero attached hydrogens (tertiary/aromatic N) is 1. The fourth-order valence-electron chi connectivity index (χ4n) is 2.35. The molecule has 0 aliphatic heterocycles. The van der Waals surface area contributed by atoms with E-state index in [9.17, 15) is 0 Å². The van der Waals surface area contributed by atoms with Crippen LogP contribution in [0.5, 0.6) is 0 Å². The molecule has 1 atom stereocenters. The normalized spacial score (nSPS) is 15.6. The van der Waals surface area contributed by atoms with Crippen LogP contribution in [0.3, 0.4) is 0 Å². The fraction of sp³-hybridized carbons (Fsp3) is 0.400. The number of benzene rings is 1. The molecule has 1 heterocycles. The van der Waals surface area contributed by atoms with Crippen LogP contribution in [0.4, 0.5) is 0 Å². The molecule has 94 valence electrons. The summed E-state index contributed by atoms with van der Waals surface area (Å²) in [6.45, 7) is 3.11. The lowest BCUT2D eigenvalue weighted by atomic mass is 10.2. The Hall–Kier alpha value is -1.19. The van der Waals surface area contributed by atoms with Crippen molar-refractivity contribution in [2.24, 2.45) is 0 Å². The van der Waals surface area contributed by atoms with Crippen molar-refractivity contribution >= 4 is 11.3 Å². The van der Waals surface area contributed by atoms with Crippen LogP contribution in [-0.4, -0.2) is 4.98 Å². The average molecular weight is 258 g/mol. The monoisotopic (exact) mass is 258 g/mol. The Kier molecular flexibility index (Phi) is 3.43. The van der Waals surface area contributed by atoms with Gasteiger partial charge in [0.15, 0.2) is 0 Å². The largest absolute Gasteiger partial charge is 0.304 e. The maximum Gasteiger partial charge on any atom is 0.110 e. The van der Waals surface area contributed by atoms with E-state index in [2.05, 4.69) is 42.6 Å². The molecule has 0 saturated heterocycles. The number of hydrogen-bond acceptors (Lipinski definition) is 3. The van der Waals surface area contributed by atoms with Crippen molar-refractivity contribution < 1.29 is 0 Å². The number of hydrogen-bond donors (Lipinski definition) is 1. The van der Waals surface area contributed by atoms with Gasteiger partial charge in [-0.1, -0.05) is 30.3 Å². The van der Waals surface area contributed by atoms with Gasteiger partial charge in [-0.3, -0.25) is 0 Å². The molecule has 1 unspecified atom stereocenters. The number of aryl methyl sites for hydroxylation is 2. The highest BCUT2D eigenvalue weighted by Crippen LogP contribution is 2.30. The van der Waals surface area contributed by atoms with Gasteiger partial charge >= 0.3 is 0 Å². The molecule has 0 fully saturated rings. The lowest BCUT2D eigenvalue weighted by Gasteiger charge is -2.11. The van der Waals surface area contributed by atoms with Gasteiger partial charge in [0.25, 0.3) is 0 Å². The third kappa shape index (κ3) is 2.47. The van der Waals surface area contributed by atoms with Crippen LogP contribution >= 0.6 is 11.3 Å². The number of thiazole rings is 1. The molecule has 2 aromatic rings. The first-order valence-electron chi connectivity index (χ1n) is 6.59. The van der Waals surface area contributed by atoms with E-state index in [4.69, 9.17) is 4.98 Å². The molecule has 0 radical (unpaired) electrons. The van der Waals surface area contributed by atoms with Gasteiger partial charge in [0.2, 0.25) is 0 Å². The van der Waals surface area contributed by atoms with E-state index in [1.165, 1.54) is 40.4 Å². The quantitative estimate of drug-likeness (QED) is 0.908. The molecule has 1 N–H and O–H groups in total. The Morgan fingerprint density at radius 1 is 1.28 bits per heavy atom. The van der Waals surface area contributed by atoms with Crippen LogP contribution in [0.25, 0.3) is 0 Å². The van der Waals surface area contributed by atoms with Crippen molar-refractivity contribution in [2.75, 3.05) is 0 Å². The summed E-state index contributed by atoms with van der Waals surface area (Å²) >= 11 is 1.89. The van der Waals surface area contributed by atoms with Crippen molar-refractivity contribution in [3.63, 3.8) is 0 Å². The van der Waals surface area contributed by atoms with Crippen molar-refractivity contribution in [1.29, 1.82) is 0 Å². The SMILES string of the molecule is CC(NCc1ccccc1)c1nc2c(s1)CCC2. The van der Waals surface area contributed by atoms with Gasteiger partial charge in [-0.25, -0.2) is 4.98 Å². The molecular formula is C15H18N2S. The summed E-state index contributed by atoms with van der Waals surface area (Å²) in [6, 6.07) is 10.9. The first-order chi connectivity index (χ1) is 8.83. The maximum atomic E-state index is 4.76. The van der Waals surface area contributed by atoms with Crippen LogP contribution in [-0.2, 0) is 19.4 Å². The predicted molar refractivity (Wildman–Crippen MR) is 75.8 cm³/mol. The summed E-state index contributed by atoms with van der Waals surface area (Å²) in [5, 5.41) is 4.80. The smallest absolute Gasteiger partial charge is 0.110 e. The number of aromatic nitrogens is 1. The third-order valence-corrected chi connectivity index (χ3v) is 4.78. The van der Waals surface area contributed by atoms with E-state index in [0.717, 1.165) is 6.54 Å². The van der Waals surface area contributed by atoms with E-state index >= 15 is 0 Å². The Labute approximate surface area is 112 Å². The van der Waals surface area contributed by atoms with Gasteiger partial charge in [-0.2, -0.15) is 0 Å². The van der Waals surface area contributed by atoms with Gasteiger partial charge in [0.05, 0.1) is 11.7 Å². The minimum atomic E-state index is 0.348. The molecule has 1 aliphatic rings. The van der Waals surface area contributed by atoms with E-state index in [0.29, 0.717) is 6.04 Å². The van der Waals surface area contributed by atoms with Crippen molar-refractivity contribution in [3.8, 4) is 0 Å². The molecular weight excluding hydrogens is 240 g/mol. The first-order valence-corrected chi connectivity index (χ1v) is 7.40. The van der Waals surface area contributed by atoms with E-state index in [-0.39, 0.29) is 0 Å². The molecule has 0 amide bonds. The maximum absolute atomic E-state index is 4.76. The molecule has 0 bridgehead atoms. The fourth-order valence-corrected chi connectivity index (χ4v) is 3.53. The second-order valence-corrected chi connectivity index (χ2v) is 5.98. The van der Waals surface area contributed by atoms with Crippen LogP contribution in [0, 0.1) is 0 Å². The van der Waals surface area contributed by atoms with Gasteiger partial charge < -0.3 is 5.32 Å². The van der Waals surface area contributed by atoms with E-state index in [1.54, 1.807) is 0 Å². The lowest BCUT2D eigenvalue weighted by molar-refractivity contribution is 0.570. The molecule has 18 heavy (non-hydrogen) atoms. The van der Waals surface area contributed by atoms with E-state index < -0.39 is 0 Å². The number of rotatable bonds is 4. The number of fused-ring (bicyclic) bond motifs is 1. The second-order valence-electron chi connectivity index (χ2n) is 4.86. The van der Waals surface area contributed by atoms with Crippen molar-refractivity contribution in [2.45, 2.75) is 38.8 Å². The lowest BCUT2D eigenvalue weighted by Crippen LogP contribution is -2.17. The summed E-state index contributed by atoms with van der Waals surface area (Å²) in [7, 11) is 0. The molecule has 2 nitrogen and oxygen atoms in total. The molecule has 0 spiro atoms. The van der Waals surface area contributed by atoms with Gasteiger partial charge in [-0.15, -0.1) is 11.3 Å². The van der Waals surface area contributed by atoms with Gasteiger partial charge in [-0.05, 0) is 31.7 Å². The van der Waals surface area contributed by atoms with E-state index in [1.807, 2.05) is 11.3 Å². The Bertz CT molecular complexity index is 497. The van der Waals surface area contributed by atoms with Crippen LogP contribution < -0.4 is 5.32 Å². The molecule has 1 aromatic heterocycles. The molecule has 1 aliphatic carbocycles. The zero-order valence-corrected chi connectivity index (χ0v) is 11.5. The first kappa shape index (κ1) is 11.9. The highest BCUT2D eigenvalue weighted by Gasteiger charge is 2.19. The Morgan fingerprint density at radius 2 is 2.11 bits per heavy atom. The Balaban J connectivity index is 1.62. The van der Waals surface area contributed by atoms with Crippen molar-refractivity contribution in [1.82, 2.24) is 10.3 Å². The number of nitrogens with one attached hydrogen (secondary N) is 1. The molecule has 3 heteroatoms. The minimum absolute atomic E-state index is 0.348. The zero-order valence-electron chi connectivity index (χ0n) is 10.6. The predicted octanol–water partition coefficient (Wildman–Crippen LogP) is 3.48. The third-order valence-electron chi connectivity index (χ3n) is 3.44. The van der Waals surface area contributed by atoms with Crippen LogP contribution in [0.2, 0.25) is 0 Å². The standard InChI is InChI=1S/C15H18N2S/c1-11(16-10-12-6-3-2-4-7-12)15-17-13-8-5-9-14(13)18-15/h2-4,6-7,11,16H,5,8-10H2,1H3. The van der Waals surface area contributed by atoms with Crippen LogP contribution in [0.15, 0.2) is 30.3 Å². The highest BCUT2D eigenvalue weighted by atomic mass is 32.1. The summed E-state index contributed by atoms with van der Waals surface area (Å²) in [5.41, 5.74) is 2.68. The summed E-state index contributed by atoms with van der Waals surface area (Å²) < 4.78 is 0. The second kappa shape index (κ2) is 5.21. The molecule has 0 saturated carbocycles. The van der Waals surface area contributed by atoms with Crippen molar-refractivity contribution in [3.05, 3.63) is 51.5 Å². The summed E-state index contributed by atoms with van der Waals surface area (Å²) in [5.74, 6) is 0. The Morgan fingerprint density at radius 3 is 2.89 bits per heavy atom. The van der Waals surface area contributed by atoms with Gasteiger partial charge in [0.1, 0.15) is 5.01 Å². The average Bonchev–Trinajstić information content (AvgIpc) is 2.98. The molecule has 3 rings (SSSR count). The van der Waals surface area contributed by atoms with Crippen LogP contribution in [0.1, 0.15) is 40.5 Å². The highest BCUT2D eigenvalue weighted by molar-refractivity contribution is 7.11. The zero-order chi connectivity index (χ0) is 12.4. The van der Waals surface area contributed by atoms with Gasteiger partial charge in [0, 0.05) is 11.4 Å². The summed E-state index contributed by atoms with van der Waals surface area (Å²) in [6.07, 6.45) is 3.70. The minimum Gasteiger partial charge on any atom is -0.304 e. The topological polar surface area (TPSA) is 24.9 Å².